The number of aromatic nitrogens is 2. The van der Waals surface area contributed by atoms with Crippen LogP contribution in [0.4, 0.5) is 0 Å². The molecule has 0 saturated carbocycles. The summed E-state index contributed by atoms with van der Waals surface area (Å²) < 4.78 is 6.89. The molecule has 0 amide bonds. The van der Waals surface area contributed by atoms with Gasteiger partial charge in [-0.3, -0.25) is 4.57 Å². The largest absolute Gasteiger partial charge is 0.504 e. The standard InChI is InChI=1S/C22H27N3O4/c1-13(9-10-14-5-3-8-18(29-2)20(14)26)23-17-11-12-25-19-15(21(17)27)6-4-7-16(19)24-22(25)28/h3-8,13,17,21,23,26-27H,9-12H2,1-2H3,(H,24,28). The van der Waals surface area contributed by atoms with Crippen LogP contribution in [0, 0.1) is 0 Å². The van der Waals surface area contributed by atoms with Crippen molar-refractivity contribution in [3.8, 4) is 11.5 Å². The molecule has 2 aromatic carbocycles. The smallest absolute Gasteiger partial charge is 0.326 e. The van der Waals surface area contributed by atoms with E-state index in [4.69, 9.17) is 4.74 Å². The highest BCUT2D eigenvalue weighted by Crippen LogP contribution is 2.32. The Kier molecular flexibility index (Phi) is 5.34. The lowest BCUT2D eigenvalue weighted by Gasteiger charge is -2.26. The van der Waals surface area contributed by atoms with E-state index < -0.39 is 6.10 Å². The summed E-state index contributed by atoms with van der Waals surface area (Å²) in [5.74, 6) is 0.657. The van der Waals surface area contributed by atoms with Crippen molar-refractivity contribution in [1.29, 1.82) is 0 Å². The maximum Gasteiger partial charge on any atom is 0.326 e. The summed E-state index contributed by atoms with van der Waals surface area (Å²) in [6, 6.07) is 11.1. The molecule has 0 saturated heterocycles. The molecule has 29 heavy (non-hydrogen) atoms. The number of para-hydroxylation sites is 2. The Hall–Kier alpha value is -2.77. The first-order valence-corrected chi connectivity index (χ1v) is 10.00. The Balaban J connectivity index is 1.47. The van der Waals surface area contributed by atoms with Crippen LogP contribution in [0.5, 0.6) is 11.5 Å². The van der Waals surface area contributed by atoms with Crippen LogP contribution in [0.3, 0.4) is 0 Å². The molecule has 0 fully saturated rings. The fourth-order valence-corrected chi connectivity index (χ4v) is 4.27. The summed E-state index contributed by atoms with van der Waals surface area (Å²) in [6.45, 7) is 2.62. The zero-order chi connectivity index (χ0) is 20.5. The number of hydrogen-bond donors (Lipinski definition) is 4. The lowest BCUT2D eigenvalue weighted by molar-refractivity contribution is 0.119. The van der Waals surface area contributed by atoms with Crippen molar-refractivity contribution in [2.45, 2.75) is 50.9 Å². The van der Waals surface area contributed by atoms with E-state index in [0.717, 1.165) is 28.6 Å². The van der Waals surface area contributed by atoms with E-state index in [1.165, 1.54) is 7.11 Å². The van der Waals surface area contributed by atoms with Crippen molar-refractivity contribution < 1.29 is 14.9 Å². The van der Waals surface area contributed by atoms with E-state index >= 15 is 0 Å². The molecule has 3 aromatic rings. The third-order valence-electron chi connectivity index (χ3n) is 5.84. The first-order chi connectivity index (χ1) is 14.0. The summed E-state index contributed by atoms with van der Waals surface area (Å²) in [5, 5.41) is 24.8. The third-order valence-corrected chi connectivity index (χ3v) is 5.84. The van der Waals surface area contributed by atoms with E-state index in [2.05, 4.69) is 17.2 Å². The number of aryl methyl sites for hydroxylation is 2. The van der Waals surface area contributed by atoms with Gasteiger partial charge in [0, 0.05) is 24.2 Å². The predicted molar refractivity (Wildman–Crippen MR) is 112 cm³/mol. The molecule has 1 aromatic heterocycles. The van der Waals surface area contributed by atoms with Crippen LogP contribution >= 0.6 is 0 Å². The number of ether oxygens (including phenoxy) is 1. The third kappa shape index (κ3) is 3.63. The molecule has 154 valence electrons. The number of H-pyrrole nitrogens is 1. The number of hydrogen-bond acceptors (Lipinski definition) is 5. The lowest BCUT2D eigenvalue weighted by atomic mass is 9.98. The number of aromatic amines is 1. The van der Waals surface area contributed by atoms with Crippen LogP contribution in [-0.4, -0.2) is 39.0 Å². The molecule has 2 heterocycles. The molecule has 0 radical (unpaired) electrons. The minimum atomic E-state index is -0.699. The predicted octanol–water partition coefficient (Wildman–Crippen LogP) is 2.46. The molecule has 1 aliphatic heterocycles. The van der Waals surface area contributed by atoms with Gasteiger partial charge in [0.2, 0.25) is 0 Å². The van der Waals surface area contributed by atoms with Crippen molar-refractivity contribution in [3.05, 3.63) is 58.0 Å². The Morgan fingerprint density at radius 1 is 1.31 bits per heavy atom. The van der Waals surface area contributed by atoms with E-state index in [9.17, 15) is 15.0 Å². The number of aliphatic hydroxyl groups is 1. The Labute approximate surface area is 169 Å². The van der Waals surface area contributed by atoms with E-state index in [0.29, 0.717) is 25.1 Å². The molecule has 4 rings (SSSR count). The van der Waals surface area contributed by atoms with Gasteiger partial charge in [0.25, 0.3) is 0 Å². The second-order valence-electron chi connectivity index (χ2n) is 7.74. The van der Waals surface area contributed by atoms with Crippen molar-refractivity contribution in [2.24, 2.45) is 0 Å². The zero-order valence-corrected chi connectivity index (χ0v) is 16.7. The Morgan fingerprint density at radius 2 is 2.10 bits per heavy atom. The van der Waals surface area contributed by atoms with Crippen LogP contribution in [0.25, 0.3) is 11.0 Å². The van der Waals surface area contributed by atoms with Crippen LogP contribution < -0.4 is 15.7 Å². The number of aliphatic hydroxyl groups excluding tert-OH is 1. The minimum Gasteiger partial charge on any atom is -0.504 e. The van der Waals surface area contributed by atoms with Gasteiger partial charge in [-0.15, -0.1) is 0 Å². The van der Waals surface area contributed by atoms with Gasteiger partial charge in [0.1, 0.15) is 0 Å². The first-order valence-electron chi connectivity index (χ1n) is 10.00. The summed E-state index contributed by atoms with van der Waals surface area (Å²) in [5.41, 5.74) is 3.03. The van der Waals surface area contributed by atoms with E-state index in [1.54, 1.807) is 10.6 Å². The first kappa shape index (κ1) is 19.5. The fraction of sp³-hybridized carbons (Fsp3) is 0.409. The van der Waals surface area contributed by atoms with Gasteiger partial charge in [-0.2, -0.15) is 0 Å². The Bertz CT molecular complexity index is 1070. The molecule has 0 spiro atoms. The van der Waals surface area contributed by atoms with E-state index in [1.807, 2.05) is 30.3 Å². The molecule has 3 unspecified atom stereocenters. The Morgan fingerprint density at radius 3 is 2.90 bits per heavy atom. The summed E-state index contributed by atoms with van der Waals surface area (Å²) in [6.07, 6.45) is 1.43. The van der Waals surface area contributed by atoms with Crippen LogP contribution in [0.1, 0.15) is 37.0 Å². The molecule has 0 bridgehead atoms. The van der Waals surface area contributed by atoms with Crippen molar-refractivity contribution in [2.75, 3.05) is 7.11 Å². The van der Waals surface area contributed by atoms with Gasteiger partial charge < -0.3 is 25.3 Å². The van der Waals surface area contributed by atoms with Gasteiger partial charge in [-0.1, -0.05) is 24.3 Å². The average Bonchev–Trinajstić information content (AvgIpc) is 2.97. The number of phenolic OH excluding ortho intramolecular Hbond substituents is 1. The van der Waals surface area contributed by atoms with Crippen LogP contribution in [0.2, 0.25) is 0 Å². The molecular formula is C22H27N3O4. The fourth-order valence-electron chi connectivity index (χ4n) is 4.27. The van der Waals surface area contributed by atoms with Gasteiger partial charge in [0.15, 0.2) is 11.5 Å². The number of phenols is 1. The van der Waals surface area contributed by atoms with E-state index in [-0.39, 0.29) is 23.5 Å². The molecule has 0 aliphatic carbocycles. The van der Waals surface area contributed by atoms with Gasteiger partial charge in [-0.05, 0) is 43.9 Å². The maximum absolute atomic E-state index is 12.3. The summed E-state index contributed by atoms with van der Waals surface area (Å²) in [7, 11) is 1.54. The molecule has 7 nitrogen and oxygen atoms in total. The number of aromatic hydroxyl groups is 1. The number of imidazole rings is 1. The molecule has 4 N–H and O–H groups in total. The molecular weight excluding hydrogens is 370 g/mol. The molecule has 7 heteroatoms. The number of nitrogens with zero attached hydrogens (tertiary/aromatic N) is 1. The number of rotatable bonds is 6. The number of nitrogens with one attached hydrogen (secondary N) is 2. The topological polar surface area (TPSA) is 99.5 Å². The zero-order valence-electron chi connectivity index (χ0n) is 16.7. The highest BCUT2D eigenvalue weighted by atomic mass is 16.5. The second kappa shape index (κ2) is 7.93. The SMILES string of the molecule is COc1cccc(CCC(C)NC2CCn3c(=O)[nH]c4cccc(c43)C2O)c1O. The maximum atomic E-state index is 12.3. The summed E-state index contributed by atoms with van der Waals surface area (Å²) >= 11 is 0. The number of benzene rings is 2. The van der Waals surface area contributed by atoms with Gasteiger partial charge in [-0.25, -0.2) is 4.79 Å². The minimum absolute atomic E-state index is 0.121. The highest BCUT2D eigenvalue weighted by molar-refractivity contribution is 5.79. The van der Waals surface area contributed by atoms with Crippen LogP contribution in [-0.2, 0) is 13.0 Å². The van der Waals surface area contributed by atoms with Gasteiger partial charge >= 0.3 is 5.69 Å². The van der Waals surface area contributed by atoms with Crippen molar-refractivity contribution in [1.82, 2.24) is 14.9 Å². The van der Waals surface area contributed by atoms with Gasteiger partial charge in [0.05, 0.1) is 24.2 Å². The average molecular weight is 397 g/mol. The van der Waals surface area contributed by atoms with Crippen molar-refractivity contribution in [3.63, 3.8) is 0 Å². The molecule has 3 atom stereocenters. The monoisotopic (exact) mass is 397 g/mol. The second-order valence-corrected chi connectivity index (χ2v) is 7.74. The lowest BCUT2D eigenvalue weighted by Crippen LogP contribution is -2.41. The number of methoxy groups -OCH3 is 1. The molecule has 1 aliphatic rings. The summed E-state index contributed by atoms with van der Waals surface area (Å²) in [4.78, 5) is 15.1. The van der Waals surface area contributed by atoms with Crippen LogP contribution in [0.15, 0.2) is 41.2 Å². The van der Waals surface area contributed by atoms with Crippen molar-refractivity contribution >= 4 is 11.0 Å². The quantitative estimate of drug-likeness (QED) is 0.512. The normalized spacial score (nSPS) is 19.8. The highest BCUT2D eigenvalue weighted by Gasteiger charge is 2.29.